The van der Waals surface area contributed by atoms with Crippen molar-refractivity contribution in [2.45, 2.75) is 26.4 Å². The van der Waals surface area contributed by atoms with Crippen molar-refractivity contribution >= 4 is 29.1 Å². The van der Waals surface area contributed by atoms with Crippen LogP contribution in [0.4, 0.5) is 10.1 Å². The molecule has 3 aromatic rings. The lowest BCUT2D eigenvalue weighted by Gasteiger charge is -2.31. The first-order valence-corrected chi connectivity index (χ1v) is 10.3. The van der Waals surface area contributed by atoms with Gasteiger partial charge in [-0.15, -0.1) is 0 Å². The van der Waals surface area contributed by atoms with E-state index in [1.54, 1.807) is 27.8 Å². The number of carbonyl (C=O) groups excluding carboxylic acids is 2. The van der Waals surface area contributed by atoms with E-state index < -0.39 is 5.82 Å². The van der Waals surface area contributed by atoms with E-state index in [1.165, 1.54) is 19.1 Å². The van der Waals surface area contributed by atoms with Gasteiger partial charge in [-0.1, -0.05) is 23.7 Å². The van der Waals surface area contributed by atoms with E-state index in [0.29, 0.717) is 41.3 Å². The third kappa shape index (κ3) is 4.07. The van der Waals surface area contributed by atoms with Gasteiger partial charge in [0.25, 0.3) is 5.91 Å². The van der Waals surface area contributed by atoms with Crippen molar-refractivity contribution in [3.05, 3.63) is 70.1 Å². The summed E-state index contributed by atoms with van der Waals surface area (Å²) in [6.07, 6.45) is 0. The van der Waals surface area contributed by atoms with Crippen LogP contribution < -0.4 is 5.32 Å². The Balaban J connectivity index is 1.68. The summed E-state index contributed by atoms with van der Waals surface area (Å²) in [5, 5.41) is 16.0. The molecule has 1 aliphatic heterocycles. The molecule has 0 radical (unpaired) electrons. The zero-order chi connectivity index (χ0) is 23.0. The number of rotatable bonds is 4. The van der Waals surface area contributed by atoms with Crippen LogP contribution in [0.15, 0.2) is 42.5 Å². The molecule has 1 aliphatic rings. The molecular weight excluding hydrogens is 433 g/mol. The zero-order valence-electron chi connectivity index (χ0n) is 17.4. The zero-order valence-corrected chi connectivity index (χ0v) is 18.2. The van der Waals surface area contributed by atoms with Gasteiger partial charge in [-0.25, -0.2) is 4.39 Å². The largest absolute Gasteiger partial charge is 0.331 e. The lowest BCUT2D eigenvalue weighted by atomic mass is 10.1. The van der Waals surface area contributed by atoms with Gasteiger partial charge in [0.05, 0.1) is 34.1 Å². The summed E-state index contributed by atoms with van der Waals surface area (Å²) >= 11 is 5.89. The topological polar surface area (TPSA) is 91.0 Å². The average molecular weight is 452 g/mol. The molecule has 9 heteroatoms. The van der Waals surface area contributed by atoms with Crippen LogP contribution in [0.3, 0.4) is 0 Å². The van der Waals surface area contributed by atoms with E-state index in [1.807, 2.05) is 19.1 Å². The fourth-order valence-corrected chi connectivity index (χ4v) is 3.92. The number of nitrogens with one attached hydrogen (secondary N) is 1. The minimum absolute atomic E-state index is 0.115. The fourth-order valence-electron chi connectivity index (χ4n) is 3.76. The Bertz CT molecular complexity index is 1260. The molecule has 32 heavy (non-hydrogen) atoms. The number of hydrogen-bond acceptors (Lipinski definition) is 4. The summed E-state index contributed by atoms with van der Waals surface area (Å²) in [7, 11) is 0. The lowest BCUT2D eigenvalue weighted by Crippen LogP contribution is -2.41. The summed E-state index contributed by atoms with van der Waals surface area (Å²) in [5.41, 5.74) is 2.85. The molecular formula is C23H19ClFN5O2. The highest BCUT2D eigenvalue weighted by Gasteiger charge is 2.31. The van der Waals surface area contributed by atoms with E-state index in [9.17, 15) is 14.0 Å². The van der Waals surface area contributed by atoms with E-state index in [4.69, 9.17) is 16.9 Å². The Morgan fingerprint density at radius 3 is 2.69 bits per heavy atom. The third-order valence-corrected chi connectivity index (χ3v) is 5.54. The highest BCUT2D eigenvalue weighted by Crippen LogP contribution is 2.34. The fraction of sp³-hybridized carbons (Fsp3) is 0.217. The van der Waals surface area contributed by atoms with Gasteiger partial charge in [0.2, 0.25) is 5.91 Å². The molecule has 2 heterocycles. The summed E-state index contributed by atoms with van der Waals surface area (Å²) in [6, 6.07) is 13.2. The Labute approximate surface area is 189 Å². The SMILES string of the molecule is CC(=O)Nc1cc(Cl)c(F)cc1-c1cc2n(n1)[C@@H](C)CN(Cc1ccc(C#N)cc1)C2=O. The number of benzene rings is 2. The molecule has 0 fully saturated rings. The van der Waals surface area contributed by atoms with Crippen molar-refractivity contribution in [3.63, 3.8) is 0 Å². The predicted octanol–water partition coefficient (Wildman–Crippen LogP) is 4.39. The summed E-state index contributed by atoms with van der Waals surface area (Å²) < 4.78 is 15.8. The Kier molecular flexibility index (Phi) is 5.68. The molecule has 7 nitrogen and oxygen atoms in total. The number of halogens is 2. The van der Waals surface area contributed by atoms with Gasteiger partial charge in [0, 0.05) is 25.6 Å². The monoisotopic (exact) mass is 451 g/mol. The normalized spacial score (nSPS) is 15.3. The van der Waals surface area contributed by atoms with Crippen molar-refractivity contribution in [2.24, 2.45) is 0 Å². The minimum Gasteiger partial charge on any atom is -0.331 e. The quantitative estimate of drug-likeness (QED) is 0.636. The average Bonchev–Trinajstić information content (AvgIpc) is 3.20. The van der Waals surface area contributed by atoms with E-state index >= 15 is 0 Å². The third-order valence-electron chi connectivity index (χ3n) is 5.25. The molecule has 0 unspecified atom stereocenters. The molecule has 0 bridgehead atoms. The van der Waals surface area contributed by atoms with Crippen molar-refractivity contribution in [2.75, 3.05) is 11.9 Å². The maximum Gasteiger partial charge on any atom is 0.272 e. The molecule has 0 aliphatic carbocycles. The van der Waals surface area contributed by atoms with Gasteiger partial charge in [-0.3, -0.25) is 14.3 Å². The summed E-state index contributed by atoms with van der Waals surface area (Å²) in [4.78, 5) is 26.5. The predicted molar refractivity (Wildman–Crippen MR) is 118 cm³/mol. The van der Waals surface area contributed by atoms with Crippen LogP contribution in [0.5, 0.6) is 0 Å². The van der Waals surface area contributed by atoms with Crippen molar-refractivity contribution in [1.82, 2.24) is 14.7 Å². The van der Waals surface area contributed by atoms with Gasteiger partial charge in [-0.05, 0) is 42.8 Å². The number of aromatic nitrogens is 2. The van der Waals surface area contributed by atoms with Crippen LogP contribution in [-0.4, -0.2) is 33.0 Å². The molecule has 1 aromatic heterocycles. The summed E-state index contributed by atoms with van der Waals surface area (Å²) in [6.45, 7) is 4.12. The first-order chi connectivity index (χ1) is 15.3. The Hall–Kier alpha value is -3.70. The molecule has 1 N–H and O–H groups in total. The Morgan fingerprint density at radius 2 is 2.03 bits per heavy atom. The molecule has 2 amide bonds. The van der Waals surface area contributed by atoms with Crippen LogP contribution in [0.2, 0.25) is 5.02 Å². The van der Waals surface area contributed by atoms with Crippen LogP contribution in [0, 0.1) is 17.1 Å². The number of fused-ring (bicyclic) bond motifs is 1. The number of hydrogen-bond donors (Lipinski definition) is 1. The number of nitriles is 1. The number of anilines is 1. The highest BCUT2D eigenvalue weighted by molar-refractivity contribution is 6.31. The van der Waals surface area contributed by atoms with Gasteiger partial charge < -0.3 is 10.2 Å². The first-order valence-electron chi connectivity index (χ1n) is 9.91. The van der Waals surface area contributed by atoms with Gasteiger partial charge >= 0.3 is 0 Å². The molecule has 0 spiro atoms. The van der Waals surface area contributed by atoms with Crippen LogP contribution >= 0.6 is 11.6 Å². The second-order valence-electron chi connectivity index (χ2n) is 7.70. The van der Waals surface area contributed by atoms with Gasteiger partial charge in [0.1, 0.15) is 11.5 Å². The van der Waals surface area contributed by atoms with Gasteiger partial charge in [0.15, 0.2) is 0 Å². The van der Waals surface area contributed by atoms with Crippen molar-refractivity contribution in [1.29, 1.82) is 5.26 Å². The maximum atomic E-state index is 14.2. The van der Waals surface area contributed by atoms with E-state index in [0.717, 1.165) is 5.56 Å². The minimum atomic E-state index is -0.649. The lowest BCUT2D eigenvalue weighted by molar-refractivity contribution is -0.114. The summed E-state index contributed by atoms with van der Waals surface area (Å²) in [5.74, 6) is -1.19. The molecule has 0 saturated carbocycles. The number of nitrogens with zero attached hydrogens (tertiary/aromatic N) is 4. The second-order valence-corrected chi connectivity index (χ2v) is 8.10. The number of amides is 2. The van der Waals surface area contributed by atoms with E-state index in [-0.39, 0.29) is 22.9 Å². The smallest absolute Gasteiger partial charge is 0.272 e. The number of carbonyl (C=O) groups is 2. The highest BCUT2D eigenvalue weighted by atomic mass is 35.5. The van der Waals surface area contributed by atoms with Crippen LogP contribution in [-0.2, 0) is 11.3 Å². The van der Waals surface area contributed by atoms with Crippen molar-refractivity contribution < 1.29 is 14.0 Å². The van der Waals surface area contributed by atoms with E-state index in [2.05, 4.69) is 16.5 Å². The molecule has 4 rings (SSSR count). The Morgan fingerprint density at radius 1 is 1.31 bits per heavy atom. The van der Waals surface area contributed by atoms with Crippen LogP contribution in [0.25, 0.3) is 11.3 Å². The molecule has 0 saturated heterocycles. The van der Waals surface area contributed by atoms with Crippen molar-refractivity contribution in [3.8, 4) is 17.3 Å². The second kappa shape index (κ2) is 8.44. The standard InChI is InChI=1S/C23H19ClFN5O2/c1-13-11-29(12-16-5-3-15(10-26)4-6-16)23(32)22-9-21(28-30(13)22)17-7-19(25)18(24)8-20(17)27-14(2)31/h3-9,13H,11-12H2,1-2H3,(H,27,31)/t13-/m0/s1. The molecule has 2 aromatic carbocycles. The molecule has 162 valence electrons. The maximum absolute atomic E-state index is 14.2. The van der Waals surface area contributed by atoms with Gasteiger partial charge in [-0.2, -0.15) is 10.4 Å². The van der Waals surface area contributed by atoms with Crippen LogP contribution in [0.1, 0.15) is 41.5 Å². The molecule has 1 atom stereocenters. The first kappa shape index (κ1) is 21.5.